The predicted molar refractivity (Wildman–Crippen MR) is 69.4 cm³/mol. The summed E-state index contributed by atoms with van der Waals surface area (Å²) < 4.78 is 36.5. The predicted octanol–water partition coefficient (Wildman–Crippen LogP) is -1.25. The number of hydrogen-bond acceptors (Lipinski definition) is 8. The van der Waals surface area contributed by atoms with E-state index in [1.54, 1.807) is 12.5 Å². The summed E-state index contributed by atoms with van der Waals surface area (Å²) in [6.07, 6.45) is 1.38. The fourth-order valence-electron chi connectivity index (χ4n) is 2.84. The zero-order valence-electron chi connectivity index (χ0n) is 11.6. The normalized spacial score (nSPS) is 24.1. The van der Waals surface area contributed by atoms with Crippen LogP contribution in [0.15, 0.2) is 11.4 Å². The molecule has 3 rings (SSSR count). The second kappa shape index (κ2) is 5.05. The lowest BCUT2D eigenvalue weighted by molar-refractivity contribution is -0.0316. The first-order valence-corrected chi connectivity index (χ1v) is 7.55. The van der Waals surface area contributed by atoms with Crippen molar-refractivity contribution < 1.29 is 32.5 Å². The Kier molecular flexibility index (Phi) is 3.40. The van der Waals surface area contributed by atoms with Gasteiger partial charge < -0.3 is 10.1 Å². The summed E-state index contributed by atoms with van der Waals surface area (Å²) in [5.74, 6) is -0.365. The van der Waals surface area contributed by atoms with Gasteiger partial charge in [0, 0.05) is 12.6 Å². The monoisotopic (exact) mass is 348 g/mol. The van der Waals surface area contributed by atoms with Crippen LogP contribution in [0.5, 0.6) is 0 Å². The van der Waals surface area contributed by atoms with Gasteiger partial charge in [0.1, 0.15) is 12.1 Å². The molecule has 2 amide bonds. The molecule has 126 valence electrons. The number of hydroxylamine groups is 3. The van der Waals surface area contributed by atoms with Gasteiger partial charge in [0.15, 0.2) is 5.84 Å². The van der Waals surface area contributed by atoms with E-state index in [2.05, 4.69) is 14.5 Å². The Morgan fingerprint density at radius 1 is 1.57 bits per heavy atom. The van der Waals surface area contributed by atoms with Gasteiger partial charge in [-0.15, -0.1) is 4.28 Å². The van der Waals surface area contributed by atoms with E-state index in [0.29, 0.717) is 16.3 Å². The first kappa shape index (κ1) is 15.5. The number of aromatic nitrogens is 2. The Balaban J connectivity index is 2.13. The summed E-state index contributed by atoms with van der Waals surface area (Å²) in [4.78, 5) is 13.5. The van der Waals surface area contributed by atoms with E-state index in [-0.39, 0.29) is 12.4 Å². The van der Waals surface area contributed by atoms with Gasteiger partial charge in [-0.2, -0.15) is 18.6 Å². The molecule has 2 bridgehead atoms. The van der Waals surface area contributed by atoms with Gasteiger partial charge in [0.2, 0.25) is 0 Å². The van der Waals surface area contributed by atoms with Crippen LogP contribution in [-0.4, -0.2) is 61.5 Å². The number of hydrogen-bond donors (Lipinski definition) is 4. The van der Waals surface area contributed by atoms with Crippen molar-refractivity contribution in [3.8, 4) is 0 Å². The Morgan fingerprint density at radius 3 is 2.83 bits per heavy atom. The van der Waals surface area contributed by atoms with Crippen LogP contribution in [0, 0.1) is 0 Å². The van der Waals surface area contributed by atoms with Crippen molar-refractivity contribution in [2.24, 2.45) is 12.2 Å². The number of oxime groups is 1. The van der Waals surface area contributed by atoms with Crippen molar-refractivity contribution in [1.29, 1.82) is 0 Å². The minimum Gasteiger partial charge on any atom is -0.409 e. The van der Waals surface area contributed by atoms with Crippen LogP contribution in [0.3, 0.4) is 0 Å². The maximum atomic E-state index is 12.4. The summed E-state index contributed by atoms with van der Waals surface area (Å²) in [6.45, 7) is -0.0294. The van der Waals surface area contributed by atoms with Gasteiger partial charge in [-0.25, -0.2) is 4.79 Å². The van der Waals surface area contributed by atoms with E-state index in [1.165, 1.54) is 10.9 Å². The number of amides is 2. The van der Waals surface area contributed by atoms with Crippen LogP contribution < -0.4 is 5.48 Å². The van der Waals surface area contributed by atoms with Crippen LogP contribution in [0.25, 0.3) is 0 Å². The number of nitrogens with one attached hydrogen (secondary N) is 1. The highest BCUT2D eigenvalue weighted by Crippen LogP contribution is 2.44. The number of aryl methyl sites for hydroxylation is 1. The smallest absolute Gasteiger partial charge is 0.409 e. The Morgan fingerprint density at radius 2 is 2.26 bits per heavy atom. The van der Waals surface area contributed by atoms with E-state index in [0.717, 1.165) is 4.90 Å². The molecule has 0 saturated carbocycles. The van der Waals surface area contributed by atoms with Crippen molar-refractivity contribution in [3.63, 3.8) is 0 Å². The lowest BCUT2D eigenvalue weighted by Crippen LogP contribution is -2.43. The second-order valence-corrected chi connectivity index (χ2v) is 5.89. The first-order chi connectivity index (χ1) is 10.8. The number of urea groups is 1. The third-order valence-corrected chi connectivity index (χ3v) is 4.04. The topological polar surface area (TPSA) is 170 Å². The molecule has 3 heterocycles. The molecule has 1 aromatic rings. The average molecular weight is 348 g/mol. The molecule has 0 aromatic carbocycles. The minimum atomic E-state index is -4.92. The van der Waals surface area contributed by atoms with Crippen LogP contribution >= 0.6 is 0 Å². The molecule has 2 aliphatic heterocycles. The zero-order valence-corrected chi connectivity index (χ0v) is 12.4. The van der Waals surface area contributed by atoms with Gasteiger partial charge in [-0.1, -0.05) is 5.16 Å². The molecule has 1 aromatic heterocycles. The minimum absolute atomic E-state index is 0.0294. The average Bonchev–Trinajstić information content (AvgIpc) is 2.97. The van der Waals surface area contributed by atoms with E-state index >= 15 is 0 Å². The maximum Gasteiger partial charge on any atom is 0.418 e. The van der Waals surface area contributed by atoms with E-state index < -0.39 is 28.5 Å². The lowest BCUT2D eigenvalue weighted by Gasteiger charge is -2.30. The quantitative estimate of drug-likeness (QED) is 0.171. The van der Waals surface area contributed by atoms with Crippen LogP contribution in [0.1, 0.15) is 23.3 Å². The fraction of sp³-hybridized carbons (Fsp3) is 0.444. The molecule has 4 N–H and O–H groups in total. The highest BCUT2D eigenvalue weighted by molar-refractivity contribution is 7.80. The van der Waals surface area contributed by atoms with Gasteiger partial charge >= 0.3 is 16.4 Å². The Labute approximate surface area is 129 Å². The van der Waals surface area contributed by atoms with Crippen molar-refractivity contribution >= 4 is 22.3 Å². The summed E-state index contributed by atoms with van der Waals surface area (Å²) >= 11 is 0. The highest BCUT2D eigenvalue weighted by Gasteiger charge is 2.53. The van der Waals surface area contributed by atoms with Crippen LogP contribution in [-0.2, 0) is 21.7 Å². The molecule has 23 heavy (non-hydrogen) atoms. The second-order valence-electron chi connectivity index (χ2n) is 4.89. The van der Waals surface area contributed by atoms with E-state index in [9.17, 15) is 13.2 Å². The van der Waals surface area contributed by atoms with E-state index in [1.807, 2.05) is 0 Å². The number of rotatable bonds is 3. The fourth-order valence-corrected chi connectivity index (χ4v) is 3.21. The summed E-state index contributed by atoms with van der Waals surface area (Å²) in [5.41, 5.74) is 2.48. The first-order valence-electron chi connectivity index (χ1n) is 6.19. The molecule has 13 nitrogen and oxygen atoms in total. The zero-order chi connectivity index (χ0) is 16.9. The Bertz CT molecular complexity index is 788. The maximum absolute atomic E-state index is 12.4. The summed E-state index contributed by atoms with van der Waals surface area (Å²) in [6, 6.07) is -2.79. The molecular formula is C9H12N6O7S. The van der Waals surface area contributed by atoms with Crippen molar-refractivity contribution in [2.75, 3.05) is 6.54 Å². The van der Waals surface area contributed by atoms with Crippen LogP contribution in [0.2, 0.25) is 0 Å². The molecule has 0 unspecified atom stereocenters. The van der Waals surface area contributed by atoms with Crippen molar-refractivity contribution in [3.05, 3.63) is 17.5 Å². The molecule has 0 aliphatic carbocycles. The number of carbonyl (C=O) groups excluding carboxylic acids is 1. The number of fused-ring (bicyclic) bond motifs is 4. The largest absolute Gasteiger partial charge is 0.418 e. The molecule has 2 aliphatic rings. The number of amidine groups is 1. The molecule has 2 atom stereocenters. The standard InChI is InChI=1S/C9H12N6O7S/c1-13-6-4(2-10-13)5-3-14(7(6)8(11-17)12-18)9(16)15(5)22-23(19,20)21/h2,5,7,17-18H,3H2,1H3,(H,11,12)(H,19,20,21)/t5-,7+/m1/s1. The van der Waals surface area contributed by atoms with Crippen molar-refractivity contribution in [2.45, 2.75) is 12.1 Å². The highest BCUT2D eigenvalue weighted by atomic mass is 32.3. The van der Waals surface area contributed by atoms with Crippen LogP contribution in [0.4, 0.5) is 4.79 Å². The third kappa shape index (κ3) is 2.27. The van der Waals surface area contributed by atoms with Gasteiger partial charge in [-0.05, 0) is 0 Å². The number of nitrogens with zero attached hydrogens (tertiary/aromatic N) is 5. The molecule has 1 fully saturated rings. The van der Waals surface area contributed by atoms with Gasteiger partial charge in [0.05, 0.1) is 18.4 Å². The molecule has 0 spiro atoms. The summed E-state index contributed by atoms with van der Waals surface area (Å²) in [5, 5.41) is 25.5. The summed E-state index contributed by atoms with van der Waals surface area (Å²) in [7, 11) is -3.36. The van der Waals surface area contributed by atoms with Gasteiger partial charge in [0.25, 0.3) is 0 Å². The number of carbonyl (C=O) groups is 1. The van der Waals surface area contributed by atoms with Crippen molar-refractivity contribution in [1.82, 2.24) is 25.2 Å². The molecule has 14 heteroatoms. The van der Waals surface area contributed by atoms with E-state index in [4.69, 9.17) is 15.0 Å². The third-order valence-electron chi connectivity index (χ3n) is 3.69. The Hall–Kier alpha value is -2.42. The molecule has 1 saturated heterocycles. The lowest BCUT2D eigenvalue weighted by atomic mass is 9.97. The molecular weight excluding hydrogens is 336 g/mol. The SMILES string of the molecule is Cn1ncc2c1[C@@H](/C(=N/O)NO)N1C[C@H]2N(OS(=O)(=O)O)C1=O. The molecule has 0 radical (unpaired) electrons. The van der Waals surface area contributed by atoms with Gasteiger partial charge in [-0.3, -0.25) is 19.9 Å².